The molecular formula is C40H60N2O5Si2. The van der Waals surface area contributed by atoms with Crippen molar-refractivity contribution in [3.63, 3.8) is 0 Å². The fourth-order valence-corrected chi connectivity index (χ4v) is 8.10. The zero-order valence-corrected chi connectivity index (χ0v) is 34.0. The van der Waals surface area contributed by atoms with Gasteiger partial charge >= 0.3 is 6.03 Å². The molecule has 9 heteroatoms. The van der Waals surface area contributed by atoms with Gasteiger partial charge in [0.05, 0.1) is 39.0 Å². The Hall–Kier alpha value is -3.12. The number of benzene rings is 3. The smallest absolute Gasteiger partial charge is 0.321 e. The molecule has 2 amide bonds. The number of amides is 2. The molecule has 1 fully saturated rings. The number of hydrogen-bond acceptors (Lipinski definition) is 5. The fourth-order valence-electron chi connectivity index (χ4n) is 5.74. The first-order valence-electron chi connectivity index (χ1n) is 17.6. The van der Waals surface area contributed by atoms with Crippen LogP contribution in [0.25, 0.3) is 0 Å². The van der Waals surface area contributed by atoms with E-state index in [1.54, 1.807) is 14.2 Å². The Labute approximate surface area is 298 Å². The fraction of sp³-hybridized carbons (Fsp3) is 0.525. The number of carbonyl (C=O) groups is 1. The van der Waals surface area contributed by atoms with E-state index < -0.39 is 16.6 Å². The van der Waals surface area contributed by atoms with E-state index in [9.17, 15) is 0 Å². The Morgan fingerprint density at radius 1 is 0.612 bits per heavy atom. The number of hydrogen-bond donors (Lipinski definition) is 0. The van der Waals surface area contributed by atoms with E-state index in [1.165, 1.54) is 5.56 Å². The Morgan fingerprint density at radius 3 is 1.49 bits per heavy atom. The van der Waals surface area contributed by atoms with Crippen LogP contribution in [0, 0.1) is 0 Å². The van der Waals surface area contributed by atoms with E-state index in [-0.39, 0.29) is 34.3 Å². The normalized spacial score (nSPS) is 19.3. The van der Waals surface area contributed by atoms with Gasteiger partial charge in [-0.2, -0.15) is 0 Å². The summed E-state index contributed by atoms with van der Waals surface area (Å²) in [4.78, 5) is 19.2. The van der Waals surface area contributed by atoms with Gasteiger partial charge in [0, 0.05) is 13.1 Å². The van der Waals surface area contributed by atoms with Crippen molar-refractivity contribution in [1.29, 1.82) is 0 Å². The molecule has 0 N–H and O–H groups in total. The first-order chi connectivity index (χ1) is 22.9. The van der Waals surface area contributed by atoms with Crippen molar-refractivity contribution in [1.82, 2.24) is 9.80 Å². The molecule has 1 aliphatic heterocycles. The highest BCUT2D eigenvalue weighted by Gasteiger charge is 2.52. The summed E-state index contributed by atoms with van der Waals surface area (Å²) in [6.07, 6.45) is 0.384. The zero-order chi connectivity index (χ0) is 36.2. The van der Waals surface area contributed by atoms with Crippen molar-refractivity contribution in [2.75, 3.05) is 20.8 Å². The molecule has 4 rings (SSSR count). The van der Waals surface area contributed by atoms with Gasteiger partial charge in [-0.1, -0.05) is 96.1 Å². The maximum Gasteiger partial charge on any atom is 0.321 e. The lowest BCUT2D eigenvalue weighted by Gasteiger charge is -2.54. The standard InChI is InChI=1S/C40H60N2O5Si2/c1-39(2,3)48(9,10)46-29-36-37(47-49(11,12)40(4,5)6)35(26-30-16-14-13-15-17-30)41(27-31-18-22-33(44-7)23-19-31)38(43)42(36)28-32-20-24-34(45-8)25-21-32/h13-25,35-37H,26-29H2,1-12H3/t35-,36-,37+/m1/s1. The lowest BCUT2D eigenvalue weighted by atomic mass is 9.91. The van der Waals surface area contributed by atoms with Crippen LogP contribution < -0.4 is 9.47 Å². The number of nitrogens with zero attached hydrogens (tertiary/aromatic N) is 2. The van der Waals surface area contributed by atoms with Crippen molar-refractivity contribution in [3.05, 3.63) is 95.6 Å². The Morgan fingerprint density at radius 2 is 1.06 bits per heavy atom. The van der Waals surface area contributed by atoms with Gasteiger partial charge in [-0.25, -0.2) is 4.79 Å². The van der Waals surface area contributed by atoms with Crippen molar-refractivity contribution in [3.8, 4) is 11.5 Å². The van der Waals surface area contributed by atoms with E-state index in [2.05, 4.69) is 109 Å². The number of ether oxygens (including phenoxy) is 2. The van der Waals surface area contributed by atoms with Crippen LogP contribution >= 0.6 is 0 Å². The summed E-state index contributed by atoms with van der Waals surface area (Å²) in [5, 5.41) is -0.00959. The number of carbonyl (C=O) groups excluding carboxylic acids is 1. The van der Waals surface area contributed by atoms with Crippen molar-refractivity contribution in [2.24, 2.45) is 0 Å². The number of urea groups is 1. The molecule has 3 aromatic rings. The van der Waals surface area contributed by atoms with E-state index in [4.69, 9.17) is 18.3 Å². The second-order valence-corrected chi connectivity index (χ2v) is 26.0. The highest BCUT2D eigenvalue weighted by molar-refractivity contribution is 6.74. The third-order valence-electron chi connectivity index (χ3n) is 11.0. The average molecular weight is 705 g/mol. The van der Waals surface area contributed by atoms with Gasteiger partial charge < -0.3 is 28.1 Å². The molecule has 49 heavy (non-hydrogen) atoms. The maximum atomic E-state index is 15.1. The first-order valence-corrected chi connectivity index (χ1v) is 23.4. The molecule has 0 radical (unpaired) electrons. The molecule has 1 aliphatic rings. The largest absolute Gasteiger partial charge is 0.497 e. The van der Waals surface area contributed by atoms with Gasteiger partial charge in [0.2, 0.25) is 0 Å². The minimum Gasteiger partial charge on any atom is -0.497 e. The van der Waals surface area contributed by atoms with Crippen LogP contribution in [-0.4, -0.2) is 71.5 Å². The Kier molecular flexibility index (Phi) is 12.2. The van der Waals surface area contributed by atoms with Gasteiger partial charge in [-0.05, 0) is 83.6 Å². The molecule has 0 bridgehead atoms. The molecule has 3 atom stereocenters. The third-order valence-corrected chi connectivity index (χ3v) is 20.0. The number of rotatable bonds is 13. The van der Waals surface area contributed by atoms with Gasteiger partial charge in [-0.3, -0.25) is 0 Å². The summed E-state index contributed by atoms with van der Waals surface area (Å²) < 4.78 is 25.5. The van der Waals surface area contributed by atoms with Crippen LogP contribution in [-0.2, 0) is 28.4 Å². The quantitative estimate of drug-likeness (QED) is 0.166. The second-order valence-electron chi connectivity index (χ2n) is 16.5. The van der Waals surface area contributed by atoms with Gasteiger partial charge in [0.1, 0.15) is 11.5 Å². The zero-order valence-electron chi connectivity index (χ0n) is 32.0. The molecule has 1 saturated heterocycles. The first kappa shape index (κ1) is 38.7. The molecule has 7 nitrogen and oxygen atoms in total. The summed E-state index contributed by atoms with van der Waals surface area (Å²) >= 11 is 0. The highest BCUT2D eigenvalue weighted by atomic mass is 28.4. The lowest BCUT2D eigenvalue weighted by Crippen LogP contribution is -2.70. The third kappa shape index (κ3) is 9.36. The topological polar surface area (TPSA) is 60.5 Å². The predicted octanol–water partition coefficient (Wildman–Crippen LogP) is 9.53. The Balaban J connectivity index is 1.89. The summed E-state index contributed by atoms with van der Waals surface area (Å²) in [7, 11) is -1.17. The minimum absolute atomic E-state index is 0.00789. The summed E-state index contributed by atoms with van der Waals surface area (Å²) in [5.74, 6) is 1.58. The predicted molar refractivity (Wildman–Crippen MR) is 205 cm³/mol. The van der Waals surface area contributed by atoms with E-state index in [1.807, 2.05) is 47.4 Å². The van der Waals surface area contributed by atoms with Crippen LogP contribution in [0.4, 0.5) is 4.79 Å². The second kappa shape index (κ2) is 15.4. The van der Waals surface area contributed by atoms with Crippen molar-refractivity contribution in [2.45, 2.75) is 116 Å². The molecule has 268 valence electrons. The summed E-state index contributed by atoms with van der Waals surface area (Å²) in [6.45, 7) is 24.1. The van der Waals surface area contributed by atoms with Crippen LogP contribution in [0.1, 0.15) is 58.2 Å². The highest BCUT2D eigenvalue weighted by Crippen LogP contribution is 2.42. The molecular weight excluding hydrogens is 645 g/mol. The molecule has 0 saturated carbocycles. The molecule has 0 spiro atoms. The minimum atomic E-state index is -2.34. The van der Waals surface area contributed by atoms with E-state index >= 15 is 4.79 Å². The van der Waals surface area contributed by atoms with E-state index in [0.717, 1.165) is 22.6 Å². The average Bonchev–Trinajstić information content (AvgIpc) is 3.04. The van der Waals surface area contributed by atoms with Crippen LogP contribution in [0.5, 0.6) is 11.5 Å². The SMILES string of the molecule is COc1ccc(CN2C(=O)N(Cc3ccc(OC)cc3)[C@H](Cc3ccccc3)[C@H](O[Si](C)(C)C(C)(C)C)[C@H]2CO[Si](C)(C)C(C)(C)C)cc1. The van der Waals surface area contributed by atoms with Crippen molar-refractivity contribution >= 4 is 22.7 Å². The van der Waals surface area contributed by atoms with Crippen LogP contribution in [0.15, 0.2) is 78.9 Å². The van der Waals surface area contributed by atoms with Gasteiger partial charge in [0.25, 0.3) is 0 Å². The lowest BCUT2D eigenvalue weighted by molar-refractivity contribution is -0.0503. The molecule has 1 heterocycles. The van der Waals surface area contributed by atoms with Gasteiger partial charge in [0.15, 0.2) is 16.6 Å². The van der Waals surface area contributed by atoms with Crippen LogP contribution in [0.2, 0.25) is 36.3 Å². The Bertz CT molecular complexity index is 1500. The number of methoxy groups -OCH3 is 2. The van der Waals surface area contributed by atoms with Crippen molar-refractivity contribution < 1.29 is 23.1 Å². The van der Waals surface area contributed by atoms with Gasteiger partial charge in [-0.15, -0.1) is 0 Å². The molecule has 0 aliphatic carbocycles. The molecule has 3 aromatic carbocycles. The molecule has 0 aromatic heterocycles. The maximum absolute atomic E-state index is 15.1. The summed E-state index contributed by atoms with van der Waals surface area (Å²) in [6, 6.07) is 26.0. The monoisotopic (exact) mass is 704 g/mol. The summed E-state index contributed by atoms with van der Waals surface area (Å²) in [5.41, 5.74) is 3.25. The molecule has 0 unspecified atom stereocenters. The van der Waals surface area contributed by atoms with Crippen LogP contribution in [0.3, 0.4) is 0 Å². The van der Waals surface area contributed by atoms with E-state index in [0.29, 0.717) is 26.1 Å².